The lowest BCUT2D eigenvalue weighted by Gasteiger charge is -2.35. The molecule has 1 fully saturated rings. The molecule has 2 amide bonds. The van der Waals surface area contributed by atoms with E-state index < -0.39 is 12.1 Å². The molecule has 35 heavy (non-hydrogen) atoms. The van der Waals surface area contributed by atoms with Crippen molar-refractivity contribution in [3.05, 3.63) is 71.4 Å². The number of amides is 2. The summed E-state index contributed by atoms with van der Waals surface area (Å²) in [5.74, 6) is -0.982. The van der Waals surface area contributed by atoms with Crippen molar-refractivity contribution in [1.29, 1.82) is 0 Å². The zero-order valence-corrected chi connectivity index (χ0v) is 19.2. The number of fused-ring (bicyclic) bond motifs is 3. The van der Waals surface area contributed by atoms with Gasteiger partial charge in [-0.3, -0.25) is 9.48 Å². The smallest absolute Gasteiger partial charge is 0.407 e. The molecule has 1 heterocycles. The van der Waals surface area contributed by atoms with E-state index in [9.17, 15) is 14.4 Å². The number of alkyl carbamates (subject to hydrolysis) is 1. The van der Waals surface area contributed by atoms with Gasteiger partial charge in [-0.1, -0.05) is 48.5 Å². The highest BCUT2D eigenvalue weighted by Crippen LogP contribution is 2.44. The van der Waals surface area contributed by atoms with Gasteiger partial charge in [-0.2, -0.15) is 5.10 Å². The molecule has 180 valence electrons. The number of rotatable bonds is 7. The Labute approximate surface area is 202 Å². The van der Waals surface area contributed by atoms with Crippen LogP contribution in [0.15, 0.2) is 54.6 Å². The summed E-state index contributed by atoms with van der Waals surface area (Å²) in [6.07, 6.45) is 1.19. The van der Waals surface area contributed by atoms with E-state index in [1.54, 1.807) is 0 Å². The van der Waals surface area contributed by atoms with Crippen LogP contribution in [0, 0.1) is 5.92 Å². The minimum atomic E-state index is -1.11. The van der Waals surface area contributed by atoms with E-state index in [1.165, 1.54) is 40.0 Å². The number of aryl methyl sites for hydroxylation is 1. The number of carboxylic acid groups (broad SMARTS) is 1. The van der Waals surface area contributed by atoms with Crippen LogP contribution < -0.4 is 10.6 Å². The van der Waals surface area contributed by atoms with Crippen molar-refractivity contribution in [1.82, 2.24) is 15.1 Å². The van der Waals surface area contributed by atoms with E-state index in [-0.39, 0.29) is 48.3 Å². The molecule has 3 N–H and O–H groups in total. The zero-order chi connectivity index (χ0) is 24.5. The number of aromatic nitrogens is 2. The van der Waals surface area contributed by atoms with Gasteiger partial charge in [0.1, 0.15) is 12.3 Å². The molecular weight excluding hydrogens is 448 g/mol. The van der Waals surface area contributed by atoms with E-state index in [0.717, 1.165) is 0 Å². The number of ether oxygens (including phenoxy) is 1. The van der Waals surface area contributed by atoms with Crippen molar-refractivity contribution in [2.45, 2.75) is 31.2 Å². The second-order valence-corrected chi connectivity index (χ2v) is 9.10. The first-order chi connectivity index (χ1) is 16.9. The summed E-state index contributed by atoms with van der Waals surface area (Å²) >= 11 is 0. The highest BCUT2D eigenvalue weighted by atomic mass is 16.5. The first-order valence-corrected chi connectivity index (χ1v) is 11.6. The van der Waals surface area contributed by atoms with Gasteiger partial charge in [-0.15, -0.1) is 0 Å². The maximum atomic E-state index is 12.4. The molecular formula is C26H26N4O5. The quantitative estimate of drug-likeness (QED) is 0.479. The number of aromatic carboxylic acids is 1. The molecule has 3 aromatic rings. The molecule has 0 radical (unpaired) electrons. The molecule has 9 heteroatoms. The van der Waals surface area contributed by atoms with Gasteiger partial charge in [0, 0.05) is 31.5 Å². The Morgan fingerprint density at radius 2 is 1.69 bits per heavy atom. The van der Waals surface area contributed by atoms with E-state index in [2.05, 4.69) is 40.0 Å². The Balaban J connectivity index is 1.07. The molecule has 1 aromatic heterocycles. The highest BCUT2D eigenvalue weighted by Gasteiger charge is 2.33. The Hall–Kier alpha value is -4.14. The van der Waals surface area contributed by atoms with Crippen molar-refractivity contribution < 1.29 is 24.2 Å². The van der Waals surface area contributed by atoms with Gasteiger partial charge in [-0.05, 0) is 41.0 Å². The monoisotopic (exact) mass is 474 g/mol. The summed E-state index contributed by atoms with van der Waals surface area (Å²) in [7, 11) is 1.50. The van der Waals surface area contributed by atoms with Gasteiger partial charge in [0.15, 0.2) is 5.82 Å². The standard InChI is InChI=1S/C26H26N4O5/c1-30-22(25(32)33)13-23(29-30)28-24(31)12-15-10-16(11-15)27-26(34)35-14-21-19-8-4-2-6-17(19)18-7-3-5-9-20(18)21/h2-9,13,15-16,21H,10-12,14H2,1H3,(H,27,34)(H,32,33)(H,28,29,31). The van der Waals surface area contributed by atoms with E-state index in [0.29, 0.717) is 12.8 Å². The van der Waals surface area contributed by atoms with Crippen LogP contribution in [0.1, 0.15) is 46.8 Å². The van der Waals surface area contributed by atoms with Crippen molar-refractivity contribution in [2.24, 2.45) is 13.0 Å². The summed E-state index contributed by atoms with van der Waals surface area (Å²) < 4.78 is 6.79. The predicted octanol–water partition coefficient (Wildman–Crippen LogP) is 3.76. The normalized spacial score (nSPS) is 18.2. The van der Waals surface area contributed by atoms with Gasteiger partial charge in [0.05, 0.1) is 0 Å². The fourth-order valence-corrected chi connectivity index (χ4v) is 5.01. The molecule has 0 saturated heterocycles. The third kappa shape index (κ3) is 4.62. The second kappa shape index (κ2) is 9.25. The Morgan fingerprint density at radius 1 is 1.06 bits per heavy atom. The van der Waals surface area contributed by atoms with Crippen LogP contribution in [0.4, 0.5) is 10.6 Å². The molecule has 5 rings (SSSR count). The molecule has 0 bridgehead atoms. The maximum Gasteiger partial charge on any atom is 0.407 e. The largest absolute Gasteiger partial charge is 0.477 e. The molecule has 1 saturated carbocycles. The van der Waals surface area contributed by atoms with Crippen molar-refractivity contribution in [3.63, 3.8) is 0 Å². The number of hydrogen-bond acceptors (Lipinski definition) is 5. The van der Waals surface area contributed by atoms with Crippen LogP contribution in [0.25, 0.3) is 11.1 Å². The summed E-state index contributed by atoms with van der Waals surface area (Å²) in [6.45, 7) is 0.265. The van der Waals surface area contributed by atoms with Crippen molar-refractivity contribution in [2.75, 3.05) is 11.9 Å². The summed E-state index contributed by atoms with van der Waals surface area (Å²) in [5, 5.41) is 18.6. The SMILES string of the molecule is Cn1nc(NC(=O)CC2CC(NC(=O)OCC3c4ccccc4-c4ccccc43)C2)cc1C(=O)O. The van der Waals surface area contributed by atoms with Crippen LogP contribution in [0.2, 0.25) is 0 Å². The number of nitrogens with zero attached hydrogens (tertiary/aromatic N) is 2. The summed E-state index contributed by atoms with van der Waals surface area (Å²) in [6, 6.07) is 17.7. The fourth-order valence-electron chi connectivity index (χ4n) is 5.01. The zero-order valence-electron chi connectivity index (χ0n) is 19.2. The molecule has 0 spiro atoms. The highest BCUT2D eigenvalue weighted by molar-refractivity contribution is 5.92. The molecule has 2 aliphatic carbocycles. The number of carbonyl (C=O) groups excluding carboxylic acids is 2. The Bertz CT molecular complexity index is 1250. The fraction of sp³-hybridized carbons (Fsp3) is 0.308. The second-order valence-electron chi connectivity index (χ2n) is 9.10. The lowest BCUT2D eigenvalue weighted by Crippen LogP contribution is -2.45. The van der Waals surface area contributed by atoms with Gasteiger partial charge < -0.3 is 20.5 Å². The van der Waals surface area contributed by atoms with Crippen LogP contribution in [0.5, 0.6) is 0 Å². The lowest BCUT2D eigenvalue weighted by molar-refractivity contribution is -0.117. The molecule has 0 atom stereocenters. The minimum absolute atomic E-state index is 0.00343. The first-order valence-electron chi connectivity index (χ1n) is 11.6. The molecule has 0 unspecified atom stereocenters. The summed E-state index contributed by atoms with van der Waals surface area (Å²) in [4.78, 5) is 35.8. The van der Waals surface area contributed by atoms with Crippen LogP contribution >= 0.6 is 0 Å². The van der Waals surface area contributed by atoms with Gasteiger partial charge in [-0.25, -0.2) is 9.59 Å². The van der Waals surface area contributed by atoms with Gasteiger partial charge >= 0.3 is 12.1 Å². The van der Waals surface area contributed by atoms with Crippen LogP contribution in [-0.4, -0.2) is 45.5 Å². The van der Waals surface area contributed by atoms with E-state index >= 15 is 0 Å². The van der Waals surface area contributed by atoms with Gasteiger partial charge in [0.25, 0.3) is 0 Å². The summed E-state index contributed by atoms with van der Waals surface area (Å²) in [5.41, 5.74) is 4.69. The Morgan fingerprint density at radius 3 is 2.29 bits per heavy atom. The van der Waals surface area contributed by atoms with E-state index in [1.807, 2.05) is 24.3 Å². The van der Waals surface area contributed by atoms with E-state index in [4.69, 9.17) is 9.84 Å². The maximum absolute atomic E-state index is 12.4. The third-order valence-corrected chi connectivity index (χ3v) is 6.74. The minimum Gasteiger partial charge on any atom is -0.477 e. The lowest BCUT2D eigenvalue weighted by atomic mass is 9.78. The topological polar surface area (TPSA) is 123 Å². The average Bonchev–Trinajstić information content (AvgIpc) is 3.33. The number of benzene rings is 2. The van der Waals surface area contributed by atoms with Gasteiger partial charge in [0.2, 0.25) is 5.91 Å². The number of anilines is 1. The molecule has 2 aromatic carbocycles. The number of nitrogens with one attached hydrogen (secondary N) is 2. The van der Waals surface area contributed by atoms with Crippen molar-refractivity contribution in [3.8, 4) is 11.1 Å². The number of carboxylic acids is 1. The number of hydrogen-bond donors (Lipinski definition) is 3. The molecule has 0 aliphatic heterocycles. The third-order valence-electron chi connectivity index (χ3n) is 6.74. The van der Waals surface area contributed by atoms with Crippen LogP contribution in [-0.2, 0) is 16.6 Å². The first kappa shape index (κ1) is 22.6. The van der Waals surface area contributed by atoms with Crippen LogP contribution in [0.3, 0.4) is 0 Å². The predicted molar refractivity (Wildman–Crippen MR) is 128 cm³/mol. The average molecular weight is 475 g/mol. The number of carbonyl (C=O) groups is 3. The molecule has 9 nitrogen and oxygen atoms in total. The van der Waals surface area contributed by atoms with Crippen molar-refractivity contribution >= 4 is 23.8 Å². The molecule has 2 aliphatic rings. The Kier molecular flexibility index (Phi) is 5.98.